The summed E-state index contributed by atoms with van der Waals surface area (Å²) in [6.07, 6.45) is 0.00972. The fraction of sp³-hybridized carbons (Fsp3) is 0.273. The zero-order valence-corrected chi connectivity index (χ0v) is 9.12. The minimum absolute atomic E-state index is 0.223. The SMILES string of the molecule is CC[n+]1ccc(-c2ncc(C(F)(F)F)[nH]2)cc1. The third-order valence-corrected chi connectivity index (χ3v) is 2.41. The van der Waals surface area contributed by atoms with Crippen LogP contribution in [-0.4, -0.2) is 9.97 Å². The topological polar surface area (TPSA) is 32.6 Å². The van der Waals surface area contributed by atoms with Gasteiger partial charge in [-0.1, -0.05) is 0 Å². The summed E-state index contributed by atoms with van der Waals surface area (Å²) in [6, 6.07) is 3.45. The number of H-pyrrole nitrogens is 1. The molecule has 2 aromatic rings. The molecule has 2 rings (SSSR count). The number of nitrogens with zero attached hydrogens (tertiary/aromatic N) is 2. The number of alkyl halides is 3. The number of imidazole rings is 1. The van der Waals surface area contributed by atoms with Crippen LogP contribution < -0.4 is 4.57 Å². The number of aromatic nitrogens is 3. The molecule has 2 aromatic heterocycles. The second-order valence-electron chi connectivity index (χ2n) is 3.56. The van der Waals surface area contributed by atoms with Gasteiger partial charge in [-0.15, -0.1) is 0 Å². The van der Waals surface area contributed by atoms with E-state index in [1.54, 1.807) is 24.5 Å². The number of rotatable bonds is 2. The largest absolute Gasteiger partial charge is 0.432 e. The Hall–Kier alpha value is -1.85. The summed E-state index contributed by atoms with van der Waals surface area (Å²) >= 11 is 0. The molecule has 0 unspecified atom stereocenters. The minimum atomic E-state index is -4.39. The lowest BCUT2D eigenvalue weighted by Crippen LogP contribution is -2.30. The molecule has 3 nitrogen and oxygen atoms in total. The summed E-state index contributed by atoms with van der Waals surface area (Å²) in [4.78, 5) is 5.99. The van der Waals surface area contributed by atoms with E-state index in [1.807, 2.05) is 11.5 Å². The summed E-state index contributed by atoms with van der Waals surface area (Å²) in [7, 11) is 0. The van der Waals surface area contributed by atoms with Crippen LogP contribution in [0.1, 0.15) is 12.6 Å². The van der Waals surface area contributed by atoms with Crippen molar-refractivity contribution in [3.63, 3.8) is 0 Å². The Kier molecular flexibility index (Phi) is 2.87. The summed E-state index contributed by atoms with van der Waals surface area (Å²) < 4.78 is 39.0. The van der Waals surface area contributed by atoms with E-state index in [1.165, 1.54) is 0 Å². The third kappa shape index (κ3) is 2.46. The molecule has 1 N–H and O–H groups in total. The van der Waals surface area contributed by atoms with Gasteiger partial charge in [-0.2, -0.15) is 13.2 Å². The zero-order chi connectivity index (χ0) is 12.5. The molecule has 0 bridgehead atoms. The van der Waals surface area contributed by atoms with Crippen molar-refractivity contribution in [2.75, 3.05) is 0 Å². The first-order valence-corrected chi connectivity index (χ1v) is 5.12. The first kappa shape index (κ1) is 11.6. The number of pyridine rings is 1. The van der Waals surface area contributed by atoms with Crippen molar-refractivity contribution in [2.45, 2.75) is 19.6 Å². The zero-order valence-electron chi connectivity index (χ0n) is 9.12. The number of nitrogens with one attached hydrogen (secondary N) is 1. The Labute approximate surface area is 95.9 Å². The van der Waals surface area contributed by atoms with Crippen molar-refractivity contribution in [3.05, 3.63) is 36.4 Å². The molecule has 6 heteroatoms. The van der Waals surface area contributed by atoms with Crippen molar-refractivity contribution in [3.8, 4) is 11.4 Å². The van der Waals surface area contributed by atoms with Crippen LogP contribution in [0.25, 0.3) is 11.4 Å². The van der Waals surface area contributed by atoms with Crippen LogP contribution in [-0.2, 0) is 12.7 Å². The third-order valence-electron chi connectivity index (χ3n) is 2.41. The van der Waals surface area contributed by atoms with E-state index in [0.717, 1.165) is 12.7 Å². The molecular formula is C11H11F3N3+. The van der Waals surface area contributed by atoms with E-state index in [0.29, 0.717) is 5.56 Å². The fourth-order valence-electron chi connectivity index (χ4n) is 1.44. The van der Waals surface area contributed by atoms with E-state index in [9.17, 15) is 13.2 Å². The molecule has 0 aromatic carbocycles. The summed E-state index contributed by atoms with van der Waals surface area (Å²) in [5.41, 5.74) is -0.204. The number of aryl methyl sites for hydroxylation is 1. The standard InChI is InChI=1S/C11H10F3N3/c1-2-17-5-3-8(4-6-17)10-15-7-9(16-10)11(12,13)14/h3-7H,2H2,1H3/p+1. The van der Waals surface area contributed by atoms with Crippen LogP contribution in [0, 0.1) is 0 Å². The molecule has 2 heterocycles. The van der Waals surface area contributed by atoms with Gasteiger partial charge >= 0.3 is 6.18 Å². The average molecular weight is 242 g/mol. The Morgan fingerprint density at radius 1 is 1.29 bits per heavy atom. The van der Waals surface area contributed by atoms with Crippen LogP contribution in [0.5, 0.6) is 0 Å². The maximum Gasteiger partial charge on any atom is 0.432 e. The van der Waals surface area contributed by atoms with Gasteiger partial charge in [0.15, 0.2) is 12.4 Å². The smallest absolute Gasteiger partial charge is 0.334 e. The normalized spacial score (nSPS) is 11.8. The van der Waals surface area contributed by atoms with Gasteiger partial charge in [-0.05, 0) is 6.92 Å². The Bertz CT molecular complexity index is 499. The van der Waals surface area contributed by atoms with Crippen molar-refractivity contribution in [1.82, 2.24) is 9.97 Å². The van der Waals surface area contributed by atoms with E-state index in [-0.39, 0.29) is 5.82 Å². The highest BCUT2D eigenvalue weighted by Gasteiger charge is 2.33. The molecule has 0 amide bonds. The number of hydrogen-bond donors (Lipinski definition) is 1. The number of halogens is 3. The lowest BCUT2D eigenvalue weighted by atomic mass is 10.2. The van der Waals surface area contributed by atoms with Crippen molar-refractivity contribution in [1.29, 1.82) is 0 Å². The van der Waals surface area contributed by atoms with Crippen LogP contribution in [0.4, 0.5) is 13.2 Å². The van der Waals surface area contributed by atoms with Crippen molar-refractivity contribution in [2.24, 2.45) is 0 Å². The van der Waals surface area contributed by atoms with Gasteiger partial charge in [0.1, 0.15) is 18.1 Å². The molecule has 0 aliphatic heterocycles. The molecule has 0 aliphatic rings. The first-order valence-electron chi connectivity index (χ1n) is 5.12. The predicted molar refractivity (Wildman–Crippen MR) is 54.9 cm³/mol. The minimum Gasteiger partial charge on any atom is -0.334 e. The molecule has 0 fully saturated rings. The average Bonchev–Trinajstić information content (AvgIpc) is 2.78. The highest BCUT2D eigenvalue weighted by atomic mass is 19.4. The van der Waals surface area contributed by atoms with Gasteiger partial charge < -0.3 is 4.98 Å². The molecule has 17 heavy (non-hydrogen) atoms. The second-order valence-corrected chi connectivity index (χ2v) is 3.56. The first-order chi connectivity index (χ1) is 8.00. The van der Waals surface area contributed by atoms with Crippen LogP contribution >= 0.6 is 0 Å². The molecule has 0 aliphatic carbocycles. The molecular weight excluding hydrogens is 231 g/mol. The van der Waals surface area contributed by atoms with Crippen LogP contribution in [0.2, 0.25) is 0 Å². The summed E-state index contributed by atoms with van der Waals surface area (Å²) in [5, 5.41) is 0. The number of aromatic amines is 1. The van der Waals surface area contributed by atoms with Gasteiger partial charge in [-0.25, -0.2) is 9.55 Å². The van der Waals surface area contributed by atoms with E-state index < -0.39 is 11.9 Å². The van der Waals surface area contributed by atoms with E-state index in [2.05, 4.69) is 9.97 Å². The van der Waals surface area contributed by atoms with Gasteiger partial charge in [0.2, 0.25) is 0 Å². The fourth-order valence-corrected chi connectivity index (χ4v) is 1.44. The maximum absolute atomic E-state index is 12.4. The molecule has 0 radical (unpaired) electrons. The number of hydrogen-bond acceptors (Lipinski definition) is 1. The van der Waals surface area contributed by atoms with Crippen molar-refractivity contribution >= 4 is 0 Å². The molecule has 0 spiro atoms. The van der Waals surface area contributed by atoms with Gasteiger partial charge in [0, 0.05) is 17.7 Å². The van der Waals surface area contributed by atoms with Gasteiger partial charge in [0.05, 0.1) is 6.20 Å². The highest BCUT2D eigenvalue weighted by molar-refractivity contribution is 5.53. The lowest BCUT2D eigenvalue weighted by molar-refractivity contribution is -0.693. The molecule has 0 saturated heterocycles. The second kappa shape index (κ2) is 4.20. The molecule has 90 valence electrons. The Balaban J connectivity index is 2.30. The molecule has 0 saturated carbocycles. The highest BCUT2D eigenvalue weighted by Crippen LogP contribution is 2.28. The maximum atomic E-state index is 12.4. The van der Waals surface area contributed by atoms with Crippen molar-refractivity contribution < 1.29 is 17.7 Å². The van der Waals surface area contributed by atoms with E-state index >= 15 is 0 Å². The molecule has 0 atom stereocenters. The van der Waals surface area contributed by atoms with Gasteiger partial charge in [-0.3, -0.25) is 0 Å². The summed E-state index contributed by atoms with van der Waals surface area (Å²) in [5.74, 6) is 0.223. The van der Waals surface area contributed by atoms with Crippen LogP contribution in [0.15, 0.2) is 30.7 Å². The summed E-state index contributed by atoms with van der Waals surface area (Å²) in [6.45, 7) is 2.79. The predicted octanol–water partition coefficient (Wildman–Crippen LogP) is 2.40. The Morgan fingerprint density at radius 2 is 1.94 bits per heavy atom. The Morgan fingerprint density at radius 3 is 2.41 bits per heavy atom. The van der Waals surface area contributed by atoms with Gasteiger partial charge in [0.25, 0.3) is 0 Å². The van der Waals surface area contributed by atoms with Crippen LogP contribution in [0.3, 0.4) is 0 Å². The lowest BCUT2D eigenvalue weighted by Gasteiger charge is -2.01. The van der Waals surface area contributed by atoms with E-state index in [4.69, 9.17) is 0 Å². The quantitative estimate of drug-likeness (QED) is 0.806. The monoisotopic (exact) mass is 242 g/mol.